The number of hydrogen-bond donors (Lipinski definition) is 2. The third-order valence-corrected chi connectivity index (χ3v) is 4.86. The van der Waals surface area contributed by atoms with Crippen LogP contribution in [0.15, 0.2) is 41.1 Å². The van der Waals surface area contributed by atoms with Crippen LogP contribution in [0.5, 0.6) is 0 Å². The second-order valence-electron chi connectivity index (χ2n) is 6.07. The van der Waals surface area contributed by atoms with Gasteiger partial charge in [0.2, 0.25) is 5.91 Å². The van der Waals surface area contributed by atoms with Crippen molar-refractivity contribution in [3.63, 3.8) is 0 Å². The van der Waals surface area contributed by atoms with Crippen LogP contribution in [0.4, 0.5) is 11.4 Å². The van der Waals surface area contributed by atoms with Gasteiger partial charge in [0.25, 0.3) is 5.91 Å². The normalized spacial score (nSPS) is 14.1. The highest BCUT2D eigenvalue weighted by atomic mass is 32.1. The lowest BCUT2D eigenvalue weighted by atomic mass is 10.2. The van der Waals surface area contributed by atoms with Gasteiger partial charge in [0.05, 0.1) is 13.2 Å². The summed E-state index contributed by atoms with van der Waals surface area (Å²) < 4.78 is 5.36. The summed E-state index contributed by atoms with van der Waals surface area (Å²) in [6.07, 6.45) is 0.975. The zero-order chi connectivity index (χ0) is 18.2. The quantitative estimate of drug-likeness (QED) is 0.732. The van der Waals surface area contributed by atoms with Crippen molar-refractivity contribution in [2.45, 2.75) is 12.8 Å². The number of carbonyl (C=O) groups excluding carboxylic acids is 2. The lowest BCUT2D eigenvalue weighted by molar-refractivity contribution is -0.116. The van der Waals surface area contributed by atoms with Crippen LogP contribution in [-0.4, -0.2) is 44.7 Å². The van der Waals surface area contributed by atoms with Gasteiger partial charge < -0.3 is 20.3 Å². The monoisotopic (exact) mass is 373 g/mol. The summed E-state index contributed by atoms with van der Waals surface area (Å²) in [7, 11) is 0. The van der Waals surface area contributed by atoms with E-state index >= 15 is 0 Å². The molecule has 2 heterocycles. The summed E-state index contributed by atoms with van der Waals surface area (Å²) in [6, 6.07) is 9.65. The fourth-order valence-corrected chi connectivity index (χ4v) is 3.38. The van der Waals surface area contributed by atoms with Crippen LogP contribution in [0.3, 0.4) is 0 Å². The molecule has 1 aliphatic heterocycles. The second kappa shape index (κ2) is 9.35. The van der Waals surface area contributed by atoms with Gasteiger partial charge in [0.15, 0.2) is 0 Å². The Morgan fingerprint density at radius 1 is 1.12 bits per heavy atom. The van der Waals surface area contributed by atoms with E-state index in [1.165, 1.54) is 11.3 Å². The first-order valence-electron chi connectivity index (χ1n) is 8.75. The predicted molar refractivity (Wildman–Crippen MR) is 104 cm³/mol. The first kappa shape index (κ1) is 18.4. The molecule has 0 atom stereocenters. The molecule has 0 radical (unpaired) electrons. The molecule has 1 saturated heterocycles. The van der Waals surface area contributed by atoms with Crippen LogP contribution < -0.4 is 15.5 Å². The van der Waals surface area contributed by atoms with Crippen LogP contribution in [0.2, 0.25) is 0 Å². The van der Waals surface area contributed by atoms with Crippen LogP contribution in [0.25, 0.3) is 0 Å². The summed E-state index contributed by atoms with van der Waals surface area (Å²) in [5, 5.41) is 9.39. The van der Waals surface area contributed by atoms with E-state index in [1.807, 2.05) is 35.0 Å². The summed E-state index contributed by atoms with van der Waals surface area (Å²) >= 11 is 1.49. The Balaban J connectivity index is 1.37. The largest absolute Gasteiger partial charge is 0.378 e. The number of amides is 2. The molecule has 0 aliphatic carbocycles. The number of nitrogens with one attached hydrogen (secondary N) is 2. The number of benzene rings is 1. The van der Waals surface area contributed by atoms with Crippen molar-refractivity contribution < 1.29 is 14.3 Å². The van der Waals surface area contributed by atoms with E-state index in [9.17, 15) is 9.59 Å². The molecule has 138 valence electrons. The van der Waals surface area contributed by atoms with Gasteiger partial charge in [-0.3, -0.25) is 9.59 Å². The Labute approximate surface area is 157 Å². The molecular weight excluding hydrogens is 350 g/mol. The topological polar surface area (TPSA) is 70.7 Å². The third-order valence-electron chi connectivity index (χ3n) is 4.18. The van der Waals surface area contributed by atoms with Crippen molar-refractivity contribution in [1.29, 1.82) is 0 Å². The molecule has 7 heteroatoms. The Bertz CT molecular complexity index is 710. The molecule has 1 aromatic heterocycles. The average molecular weight is 373 g/mol. The Hall–Kier alpha value is -2.38. The molecule has 1 aromatic carbocycles. The Morgan fingerprint density at radius 2 is 1.88 bits per heavy atom. The predicted octanol–water partition coefficient (Wildman–Crippen LogP) is 2.73. The first-order chi connectivity index (χ1) is 12.7. The number of nitrogens with zero attached hydrogens (tertiary/aromatic N) is 1. The Morgan fingerprint density at radius 3 is 2.58 bits per heavy atom. The van der Waals surface area contributed by atoms with E-state index in [-0.39, 0.29) is 11.8 Å². The highest BCUT2D eigenvalue weighted by Gasteiger charge is 2.11. The standard InChI is InChI=1S/C19H23N3O3S/c23-18(2-1-8-20-19(24)15-7-13-26-14-15)21-16-3-5-17(6-4-16)22-9-11-25-12-10-22/h3-7,13-14H,1-2,8-12H2,(H,20,24)(H,21,23). The molecule has 0 bridgehead atoms. The van der Waals surface area contributed by atoms with Gasteiger partial charge >= 0.3 is 0 Å². The first-order valence-corrected chi connectivity index (χ1v) is 9.70. The van der Waals surface area contributed by atoms with Gasteiger partial charge in [-0.25, -0.2) is 0 Å². The van der Waals surface area contributed by atoms with Gasteiger partial charge in [-0.2, -0.15) is 11.3 Å². The SMILES string of the molecule is O=C(CCCNC(=O)c1ccsc1)Nc1ccc(N2CCOCC2)cc1. The fourth-order valence-electron chi connectivity index (χ4n) is 2.75. The number of thiophene rings is 1. The van der Waals surface area contributed by atoms with Crippen molar-refractivity contribution in [2.24, 2.45) is 0 Å². The molecule has 2 amide bonds. The summed E-state index contributed by atoms with van der Waals surface area (Å²) in [5.41, 5.74) is 2.59. The van der Waals surface area contributed by atoms with Crippen LogP contribution in [0, 0.1) is 0 Å². The van der Waals surface area contributed by atoms with E-state index < -0.39 is 0 Å². The number of morpholine rings is 1. The minimum absolute atomic E-state index is 0.0473. The minimum atomic E-state index is -0.0923. The average Bonchev–Trinajstić information content (AvgIpc) is 3.21. The summed E-state index contributed by atoms with van der Waals surface area (Å²) in [5.74, 6) is -0.140. The lowest BCUT2D eigenvalue weighted by Crippen LogP contribution is -2.36. The molecule has 0 spiro atoms. The Kier molecular flexibility index (Phi) is 6.62. The highest BCUT2D eigenvalue weighted by Crippen LogP contribution is 2.19. The van der Waals surface area contributed by atoms with Gasteiger partial charge in [-0.15, -0.1) is 0 Å². The lowest BCUT2D eigenvalue weighted by Gasteiger charge is -2.28. The van der Waals surface area contributed by atoms with Crippen LogP contribution in [0.1, 0.15) is 23.2 Å². The van der Waals surface area contributed by atoms with Gasteiger partial charge in [-0.05, 0) is 42.1 Å². The van der Waals surface area contributed by atoms with E-state index in [0.717, 1.165) is 37.7 Å². The molecule has 6 nitrogen and oxygen atoms in total. The molecule has 2 aromatic rings. The number of rotatable bonds is 7. The van der Waals surface area contributed by atoms with Crippen molar-refractivity contribution in [3.05, 3.63) is 46.7 Å². The number of carbonyl (C=O) groups is 2. The van der Waals surface area contributed by atoms with E-state index in [0.29, 0.717) is 24.9 Å². The molecule has 1 aliphatic rings. The molecular formula is C19H23N3O3S. The maximum absolute atomic E-state index is 12.0. The zero-order valence-corrected chi connectivity index (χ0v) is 15.4. The molecule has 1 fully saturated rings. The van der Waals surface area contributed by atoms with E-state index in [4.69, 9.17) is 4.74 Å². The minimum Gasteiger partial charge on any atom is -0.378 e. The highest BCUT2D eigenvalue weighted by molar-refractivity contribution is 7.08. The van der Waals surface area contributed by atoms with Crippen molar-refractivity contribution in [2.75, 3.05) is 43.1 Å². The number of hydrogen-bond acceptors (Lipinski definition) is 5. The van der Waals surface area contributed by atoms with Gasteiger partial charge in [0.1, 0.15) is 0 Å². The van der Waals surface area contributed by atoms with E-state index in [1.54, 1.807) is 6.07 Å². The van der Waals surface area contributed by atoms with Crippen molar-refractivity contribution >= 4 is 34.5 Å². The molecule has 26 heavy (non-hydrogen) atoms. The van der Waals surface area contributed by atoms with Gasteiger partial charge in [0, 0.05) is 48.4 Å². The zero-order valence-electron chi connectivity index (χ0n) is 14.6. The number of anilines is 2. The van der Waals surface area contributed by atoms with Crippen molar-refractivity contribution in [1.82, 2.24) is 5.32 Å². The van der Waals surface area contributed by atoms with Crippen molar-refractivity contribution in [3.8, 4) is 0 Å². The summed E-state index contributed by atoms with van der Waals surface area (Å²) in [6.45, 7) is 3.77. The third kappa shape index (κ3) is 5.31. The molecule has 3 rings (SSSR count). The molecule has 0 unspecified atom stereocenters. The summed E-state index contributed by atoms with van der Waals surface area (Å²) in [4.78, 5) is 26.1. The number of ether oxygens (including phenoxy) is 1. The second-order valence-corrected chi connectivity index (χ2v) is 6.85. The van der Waals surface area contributed by atoms with Gasteiger partial charge in [-0.1, -0.05) is 0 Å². The smallest absolute Gasteiger partial charge is 0.252 e. The maximum Gasteiger partial charge on any atom is 0.252 e. The van der Waals surface area contributed by atoms with E-state index in [2.05, 4.69) is 15.5 Å². The fraction of sp³-hybridized carbons (Fsp3) is 0.368. The molecule has 0 saturated carbocycles. The molecule has 2 N–H and O–H groups in total. The maximum atomic E-state index is 12.0. The van der Waals surface area contributed by atoms with Crippen LogP contribution >= 0.6 is 11.3 Å². The van der Waals surface area contributed by atoms with Crippen LogP contribution in [-0.2, 0) is 9.53 Å².